The number of esters is 1. The number of amides is 1. The Morgan fingerprint density at radius 3 is 2.21 bits per heavy atom. The first kappa shape index (κ1) is 19.2. The Kier molecular flexibility index (Phi) is 6.41. The molecule has 5 nitrogen and oxygen atoms in total. The fourth-order valence-corrected chi connectivity index (χ4v) is 2.46. The molecule has 0 aliphatic rings. The fourth-order valence-electron chi connectivity index (χ4n) is 2.46. The van der Waals surface area contributed by atoms with E-state index in [0.717, 1.165) is 16.8 Å². The molecular weight excluding hydrogens is 354 g/mol. The van der Waals surface area contributed by atoms with Crippen LogP contribution in [0.5, 0.6) is 5.75 Å². The summed E-state index contributed by atoms with van der Waals surface area (Å²) in [6.45, 7) is 2.00. The molecule has 0 atom stereocenters. The average molecular weight is 375 g/mol. The highest BCUT2D eigenvalue weighted by Gasteiger charge is 2.08. The molecule has 0 aliphatic heterocycles. The minimum Gasteiger partial charge on any atom is -0.482 e. The van der Waals surface area contributed by atoms with E-state index >= 15 is 0 Å². The summed E-state index contributed by atoms with van der Waals surface area (Å²) in [5, 5.41) is 2.83. The first-order valence-electron chi connectivity index (χ1n) is 8.90. The van der Waals surface area contributed by atoms with Gasteiger partial charge in [0.05, 0.1) is 0 Å². The lowest BCUT2D eigenvalue weighted by Crippen LogP contribution is -2.15. The molecule has 0 bridgehead atoms. The third-order valence-electron chi connectivity index (χ3n) is 4.03. The molecule has 0 radical (unpaired) electrons. The van der Waals surface area contributed by atoms with Crippen LogP contribution in [0, 0.1) is 6.92 Å². The number of benzene rings is 3. The molecule has 0 saturated heterocycles. The predicted octanol–water partition coefficient (Wildman–Crippen LogP) is 4.37. The van der Waals surface area contributed by atoms with Gasteiger partial charge in [0.15, 0.2) is 6.61 Å². The Labute approximate surface area is 163 Å². The second-order valence-electron chi connectivity index (χ2n) is 6.28. The number of aryl methyl sites for hydroxylation is 1. The van der Waals surface area contributed by atoms with Crippen molar-refractivity contribution in [3.63, 3.8) is 0 Å². The summed E-state index contributed by atoms with van der Waals surface area (Å²) < 4.78 is 10.6. The maximum Gasteiger partial charge on any atom is 0.344 e. The normalized spacial score (nSPS) is 10.2. The molecule has 0 heterocycles. The summed E-state index contributed by atoms with van der Waals surface area (Å²) in [5.74, 6) is -0.175. The summed E-state index contributed by atoms with van der Waals surface area (Å²) in [4.78, 5) is 24.1. The lowest BCUT2D eigenvalue weighted by molar-refractivity contribution is -0.147. The SMILES string of the molecule is Cc1ccc(NC(=O)c2ccc(OCC(=O)OCc3ccccc3)cc2)cc1. The van der Waals surface area contributed by atoms with Gasteiger partial charge in [0.25, 0.3) is 5.91 Å². The summed E-state index contributed by atoms with van der Waals surface area (Å²) in [6.07, 6.45) is 0. The lowest BCUT2D eigenvalue weighted by Gasteiger charge is -2.09. The van der Waals surface area contributed by atoms with Gasteiger partial charge in [-0.15, -0.1) is 0 Å². The number of nitrogens with one attached hydrogen (secondary N) is 1. The van der Waals surface area contributed by atoms with E-state index in [2.05, 4.69) is 5.32 Å². The van der Waals surface area contributed by atoms with Crippen molar-refractivity contribution in [1.82, 2.24) is 0 Å². The van der Waals surface area contributed by atoms with Gasteiger partial charge in [-0.3, -0.25) is 4.79 Å². The highest BCUT2D eigenvalue weighted by atomic mass is 16.6. The van der Waals surface area contributed by atoms with E-state index in [1.807, 2.05) is 61.5 Å². The monoisotopic (exact) mass is 375 g/mol. The van der Waals surface area contributed by atoms with Crippen molar-refractivity contribution in [2.45, 2.75) is 13.5 Å². The van der Waals surface area contributed by atoms with Gasteiger partial charge in [0.2, 0.25) is 0 Å². The van der Waals surface area contributed by atoms with Crippen LogP contribution in [0.15, 0.2) is 78.9 Å². The van der Waals surface area contributed by atoms with Crippen LogP contribution in [0.25, 0.3) is 0 Å². The van der Waals surface area contributed by atoms with E-state index in [9.17, 15) is 9.59 Å². The third-order valence-corrected chi connectivity index (χ3v) is 4.03. The van der Waals surface area contributed by atoms with E-state index in [0.29, 0.717) is 11.3 Å². The molecule has 0 fully saturated rings. The molecule has 28 heavy (non-hydrogen) atoms. The van der Waals surface area contributed by atoms with Gasteiger partial charge >= 0.3 is 5.97 Å². The van der Waals surface area contributed by atoms with Crippen molar-refractivity contribution >= 4 is 17.6 Å². The zero-order valence-corrected chi connectivity index (χ0v) is 15.6. The molecule has 3 aromatic rings. The number of rotatable bonds is 7. The van der Waals surface area contributed by atoms with Crippen molar-refractivity contribution < 1.29 is 19.1 Å². The van der Waals surface area contributed by atoms with Crippen LogP contribution in [0.1, 0.15) is 21.5 Å². The smallest absolute Gasteiger partial charge is 0.344 e. The summed E-state index contributed by atoms with van der Waals surface area (Å²) in [5.41, 5.74) is 3.28. The second kappa shape index (κ2) is 9.37. The van der Waals surface area contributed by atoms with Crippen LogP contribution in [0.3, 0.4) is 0 Å². The van der Waals surface area contributed by atoms with Gasteiger partial charge < -0.3 is 14.8 Å². The molecular formula is C23H21NO4. The molecule has 142 valence electrons. The molecule has 1 N–H and O–H groups in total. The Morgan fingerprint density at radius 2 is 1.54 bits per heavy atom. The minimum absolute atomic E-state index is 0.193. The van der Waals surface area contributed by atoms with E-state index in [-0.39, 0.29) is 19.1 Å². The van der Waals surface area contributed by atoms with Crippen LogP contribution in [0.2, 0.25) is 0 Å². The minimum atomic E-state index is -0.454. The zero-order chi connectivity index (χ0) is 19.8. The molecule has 0 saturated carbocycles. The maximum absolute atomic E-state index is 12.3. The van der Waals surface area contributed by atoms with Gasteiger partial charge in [-0.2, -0.15) is 0 Å². The molecule has 0 unspecified atom stereocenters. The second-order valence-corrected chi connectivity index (χ2v) is 6.28. The van der Waals surface area contributed by atoms with Crippen molar-refractivity contribution in [3.8, 4) is 5.75 Å². The summed E-state index contributed by atoms with van der Waals surface area (Å²) in [7, 11) is 0. The van der Waals surface area contributed by atoms with Crippen molar-refractivity contribution in [2.75, 3.05) is 11.9 Å². The molecule has 1 amide bonds. The van der Waals surface area contributed by atoms with E-state index in [1.54, 1.807) is 24.3 Å². The fraction of sp³-hybridized carbons (Fsp3) is 0.130. The number of carbonyl (C=O) groups excluding carboxylic acids is 2. The molecule has 3 aromatic carbocycles. The Bertz CT molecular complexity index is 919. The van der Waals surface area contributed by atoms with Crippen molar-refractivity contribution in [3.05, 3.63) is 95.6 Å². The van der Waals surface area contributed by atoms with Crippen LogP contribution >= 0.6 is 0 Å². The largest absolute Gasteiger partial charge is 0.482 e. The van der Waals surface area contributed by atoms with Crippen molar-refractivity contribution in [1.29, 1.82) is 0 Å². The molecule has 3 rings (SSSR count). The van der Waals surface area contributed by atoms with E-state index < -0.39 is 5.97 Å². The quantitative estimate of drug-likeness (QED) is 0.623. The predicted molar refractivity (Wildman–Crippen MR) is 107 cm³/mol. The van der Waals surface area contributed by atoms with Crippen LogP contribution in [-0.2, 0) is 16.1 Å². The summed E-state index contributed by atoms with van der Waals surface area (Å²) in [6, 6.07) is 23.6. The number of hydrogen-bond donors (Lipinski definition) is 1. The Balaban J connectivity index is 1.46. The first-order valence-corrected chi connectivity index (χ1v) is 8.90. The Morgan fingerprint density at radius 1 is 0.857 bits per heavy atom. The maximum atomic E-state index is 12.3. The number of ether oxygens (including phenoxy) is 2. The number of anilines is 1. The third kappa shape index (κ3) is 5.71. The van der Waals surface area contributed by atoms with Gasteiger partial charge in [0, 0.05) is 11.3 Å². The zero-order valence-electron chi connectivity index (χ0n) is 15.6. The molecule has 5 heteroatoms. The van der Waals surface area contributed by atoms with Gasteiger partial charge in [0.1, 0.15) is 12.4 Å². The molecule has 0 aromatic heterocycles. The number of carbonyl (C=O) groups is 2. The van der Waals surface area contributed by atoms with Crippen LogP contribution in [-0.4, -0.2) is 18.5 Å². The van der Waals surface area contributed by atoms with Crippen molar-refractivity contribution in [2.24, 2.45) is 0 Å². The van der Waals surface area contributed by atoms with E-state index in [4.69, 9.17) is 9.47 Å². The topological polar surface area (TPSA) is 64.6 Å². The summed E-state index contributed by atoms with van der Waals surface area (Å²) >= 11 is 0. The standard InChI is InChI=1S/C23H21NO4/c1-17-7-11-20(12-8-17)24-23(26)19-9-13-21(14-10-19)27-16-22(25)28-15-18-5-3-2-4-6-18/h2-14H,15-16H2,1H3,(H,24,26). The van der Waals surface area contributed by atoms with E-state index in [1.165, 1.54) is 0 Å². The van der Waals surface area contributed by atoms with Crippen LogP contribution in [0.4, 0.5) is 5.69 Å². The lowest BCUT2D eigenvalue weighted by atomic mass is 10.2. The first-order chi connectivity index (χ1) is 13.6. The van der Waals surface area contributed by atoms with Crippen LogP contribution < -0.4 is 10.1 Å². The Hall–Kier alpha value is -3.60. The highest BCUT2D eigenvalue weighted by Crippen LogP contribution is 2.15. The van der Waals surface area contributed by atoms with Gasteiger partial charge in [-0.1, -0.05) is 48.0 Å². The molecule has 0 spiro atoms. The van der Waals surface area contributed by atoms with Gasteiger partial charge in [-0.25, -0.2) is 4.79 Å². The number of hydrogen-bond acceptors (Lipinski definition) is 4. The molecule has 0 aliphatic carbocycles. The average Bonchev–Trinajstić information content (AvgIpc) is 2.73. The van der Waals surface area contributed by atoms with Gasteiger partial charge in [-0.05, 0) is 48.9 Å². The highest BCUT2D eigenvalue weighted by molar-refractivity contribution is 6.04.